The molecule has 2 aliphatic rings. The molecule has 4 N–H and O–H groups in total. The van der Waals surface area contributed by atoms with Gasteiger partial charge in [-0.25, -0.2) is 4.79 Å². The van der Waals surface area contributed by atoms with Crippen molar-refractivity contribution in [3.8, 4) is 11.5 Å². The number of hydrogen-bond donors (Lipinski definition) is 3. The van der Waals surface area contributed by atoms with E-state index in [4.69, 9.17) is 10.8 Å². The molecule has 1 aliphatic heterocycles. The van der Waals surface area contributed by atoms with Crippen molar-refractivity contribution in [2.45, 2.75) is 51.5 Å². The Kier molecular flexibility index (Phi) is 8.56. The van der Waals surface area contributed by atoms with Crippen LogP contribution in [0, 0.1) is 0 Å². The van der Waals surface area contributed by atoms with E-state index in [-0.39, 0.29) is 23.4 Å². The Balaban J connectivity index is 0.00000112. The molecule has 194 valence electrons. The molecule has 1 atom stereocenters. The largest absolute Gasteiger partial charge is 0.465 e. The van der Waals surface area contributed by atoms with E-state index < -0.39 is 55.1 Å². The first-order chi connectivity index (χ1) is 17.1. The molecule has 3 amide bonds. The lowest BCUT2D eigenvalue weighted by Crippen LogP contribution is -2.32. The fraction of sp³-hybridized carbons (Fsp3) is 0.348. The maximum absolute atomic E-state index is 13.1. The highest BCUT2D eigenvalue weighted by Crippen LogP contribution is 2.39. The summed E-state index contributed by atoms with van der Waals surface area (Å²) < 4.78 is 59.3. The molecule has 1 saturated carbocycles. The van der Waals surface area contributed by atoms with Crippen LogP contribution in [0.5, 0.6) is 11.5 Å². The van der Waals surface area contributed by atoms with Gasteiger partial charge in [0.2, 0.25) is 5.91 Å². The molecule has 36 heavy (non-hydrogen) atoms. The maximum atomic E-state index is 13.1. The van der Waals surface area contributed by atoms with E-state index in [1.807, 2.05) is 0 Å². The third kappa shape index (κ3) is 6.99. The van der Waals surface area contributed by atoms with Gasteiger partial charge >= 0.3 is 19.3 Å². The number of halogens is 4. The third-order valence-corrected chi connectivity index (χ3v) is 5.12. The molecule has 1 fully saturated rings. The number of hydrogen-bond acceptors (Lipinski definition) is 5. The SMILES string of the molecule is C1CC1.NC(=O)CC(c1ccc(OC(F)F)c(OC(F)F)c1)N1Cc2cccc(NC(=O)O)c2C1=O. The summed E-state index contributed by atoms with van der Waals surface area (Å²) in [5, 5.41) is 11.1. The summed E-state index contributed by atoms with van der Waals surface area (Å²) in [6.45, 7) is -6.73. The number of fused-ring (bicyclic) bond motifs is 1. The van der Waals surface area contributed by atoms with Crippen LogP contribution in [0.2, 0.25) is 0 Å². The predicted molar refractivity (Wildman–Crippen MR) is 118 cm³/mol. The number of amides is 3. The van der Waals surface area contributed by atoms with Gasteiger partial charge in [-0.2, -0.15) is 17.6 Å². The summed E-state index contributed by atoms with van der Waals surface area (Å²) in [5.41, 5.74) is 5.92. The Morgan fingerprint density at radius 3 is 2.22 bits per heavy atom. The van der Waals surface area contributed by atoms with E-state index in [9.17, 15) is 31.9 Å². The number of nitrogens with two attached hydrogens (primary N) is 1. The first-order valence-corrected chi connectivity index (χ1v) is 10.8. The molecule has 1 unspecified atom stereocenters. The summed E-state index contributed by atoms with van der Waals surface area (Å²) >= 11 is 0. The average molecular weight is 513 g/mol. The Morgan fingerprint density at radius 1 is 1.03 bits per heavy atom. The van der Waals surface area contributed by atoms with E-state index >= 15 is 0 Å². The normalized spacial score (nSPS) is 14.6. The smallest absolute Gasteiger partial charge is 0.409 e. The number of nitrogens with one attached hydrogen (secondary N) is 1. The number of carbonyl (C=O) groups excluding carboxylic acids is 2. The fourth-order valence-electron chi connectivity index (χ4n) is 3.57. The highest BCUT2D eigenvalue weighted by molar-refractivity contribution is 6.06. The molecule has 9 nitrogen and oxygen atoms in total. The third-order valence-electron chi connectivity index (χ3n) is 5.12. The van der Waals surface area contributed by atoms with Crippen molar-refractivity contribution in [2.24, 2.45) is 5.73 Å². The minimum atomic E-state index is -3.36. The van der Waals surface area contributed by atoms with Crippen LogP contribution in [0.25, 0.3) is 0 Å². The lowest BCUT2D eigenvalue weighted by molar-refractivity contribution is -0.119. The highest BCUT2D eigenvalue weighted by Gasteiger charge is 2.36. The van der Waals surface area contributed by atoms with Crippen LogP contribution in [0.4, 0.5) is 28.0 Å². The van der Waals surface area contributed by atoms with Crippen molar-refractivity contribution in [3.05, 3.63) is 53.1 Å². The van der Waals surface area contributed by atoms with E-state index in [1.165, 1.54) is 42.4 Å². The molecule has 4 rings (SSSR count). The summed E-state index contributed by atoms with van der Waals surface area (Å²) in [5.74, 6) is -2.88. The summed E-state index contributed by atoms with van der Waals surface area (Å²) in [6.07, 6.45) is 2.66. The first-order valence-electron chi connectivity index (χ1n) is 10.8. The Bertz CT molecular complexity index is 1130. The molecule has 1 aliphatic carbocycles. The number of rotatable bonds is 9. The van der Waals surface area contributed by atoms with Crippen LogP contribution in [-0.2, 0) is 11.3 Å². The number of carboxylic acid groups (broad SMARTS) is 1. The van der Waals surface area contributed by atoms with Gasteiger partial charge in [-0.05, 0) is 29.3 Å². The van der Waals surface area contributed by atoms with Gasteiger partial charge in [0.25, 0.3) is 5.91 Å². The molecule has 0 radical (unpaired) electrons. The Hall–Kier alpha value is -4.03. The molecule has 0 bridgehead atoms. The number of alkyl halides is 4. The molecule has 2 aromatic carbocycles. The second-order valence-corrected chi connectivity index (χ2v) is 7.91. The minimum Gasteiger partial charge on any atom is -0.465 e. The van der Waals surface area contributed by atoms with Gasteiger partial charge in [0, 0.05) is 6.54 Å². The van der Waals surface area contributed by atoms with E-state index in [0.717, 1.165) is 12.1 Å². The highest BCUT2D eigenvalue weighted by atomic mass is 19.3. The number of carbonyl (C=O) groups is 3. The molecule has 0 saturated heterocycles. The van der Waals surface area contributed by atoms with Crippen LogP contribution < -0.4 is 20.5 Å². The van der Waals surface area contributed by atoms with Crippen LogP contribution >= 0.6 is 0 Å². The van der Waals surface area contributed by atoms with Gasteiger partial charge < -0.3 is 25.2 Å². The van der Waals surface area contributed by atoms with E-state index in [2.05, 4.69) is 14.8 Å². The van der Waals surface area contributed by atoms with Crippen LogP contribution in [-0.4, -0.2) is 41.1 Å². The van der Waals surface area contributed by atoms with Gasteiger partial charge in [0.1, 0.15) is 0 Å². The van der Waals surface area contributed by atoms with Crippen molar-refractivity contribution in [1.82, 2.24) is 4.90 Å². The fourth-order valence-corrected chi connectivity index (χ4v) is 3.57. The van der Waals surface area contributed by atoms with Gasteiger partial charge in [-0.15, -0.1) is 0 Å². The summed E-state index contributed by atoms with van der Waals surface area (Å²) in [6, 6.07) is 6.48. The van der Waals surface area contributed by atoms with Gasteiger partial charge in [-0.1, -0.05) is 37.5 Å². The van der Waals surface area contributed by atoms with Crippen molar-refractivity contribution >= 4 is 23.6 Å². The Morgan fingerprint density at radius 2 is 1.67 bits per heavy atom. The molecule has 0 aromatic heterocycles. The van der Waals surface area contributed by atoms with E-state index in [1.54, 1.807) is 6.07 Å². The summed E-state index contributed by atoms with van der Waals surface area (Å²) in [7, 11) is 0. The van der Waals surface area contributed by atoms with Crippen molar-refractivity contribution in [2.75, 3.05) is 5.32 Å². The van der Waals surface area contributed by atoms with Gasteiger partial charge in [0.05, 0.1) is 23.7 Å². The monoisotopic (exact) mass is 513 g/mol. The zero-order chi connectivity index (χ0) is 26.4. The van der Waals surface area contributed by atoms with Crippen LogP contribution in [0.3, 0.4) is 0 Å². The average Bonchev–Trinajstić information content (AvgIpc) is 3.62. The minimum absolute atomic E-state index is 0.0210. The number of benzene rings is 2. The van der Waals surface area contributed by atoms with Crippen molar-refractivity contribution < 1.29 is 46.5 Å². The van der Waals surface area contributed by atoms with E-state index in [0.29, 0.717) is 5.56 Å². The predicted octanol–water partition coefficient (Wildman–Crippen LogP) is 4.72. The van der Waals surface area contributed by atoms with Gasteiger partial charge in [-0.3, -0.25) is 14.9 Å². The van der Waals surface area contributed by atoms with Gasteiger partial charge in [0.15, 0.2) is 11.5 Å². The number of anilines is 1. The lowest BCUT2D eigenvalue weighted by Gasteiger charge is -2.28. The zero-order valence-corrected chi connectivity index (χ0v) is 18.8. The molecule has 2 aromatic rings. The molecular weight excluding hydrogens is 490 g/mol. The first kappa shape index (κ1) is 26.6. The zero-order valence-electron chi connectivity index (χ0n) is 18.8. The lowest BCUT2D eigenvalue weighted by atomic mass is 10.0. The van der Waals surface area contributed by atoms with Crippen molar-refractivity contribution in [3.63, 3.8) is 0 Å². The topological polar surface area (TPSA) is 131 Å². The number of primary amides is 1. The maximum Gasteiger partial charge on any atom is 0.409 e. The van der Waals surface area contributed by atoms with Crippen LogP contribution in [0.1, 0.15) is 53.2 Å². The second-order valence-electron chi connectivity index (χ2n) is 7.91. The Labute approximate surface area is 202 Å². The number of ether oxygens (including phenoxy) is 2. The van der Waals surface area contributed by atoms with Crippen molar-refractivity contribution in [1.29, 1.82) is 0 Å². The molecular formula is C23H23F4N3O6. The summed E-state index contributed by atoms with van der Waals surface area (Å²) in [4.78, 5) is 37.1. The quantitative estimate of drug-likeness (QED) is 0.416. The number of nitrogens with zero attached hydrogens (tertiary/aromatic N) is 1. The second kappa shape index (κ2) is 11.6. The van der Waals surface area contributed by atoms with Crippen LogP contribution in [0.15, 0.2) is 36.4 Å². The standard InChI is InChI=1S/C20H17F4N3O6.C3H6/c21-18(22)32-13-5-4-9(6-14(13)33-19(23)24)12(7-15(25)28)27-8-10-2-1-3-11(26-20(30)31)16(10)17(27)29;1-2-3-1/h1-6,12,18-19,26H,7-8H2,(H2,25,28)(H,30,31);1-3H2. The molecule has 0 spiro atoms. The molecule has 13 heteroatoms. The molecule has 1 heterocycles.